The van der Waals surface area contributed by atoms with Crippen molar-refractivity contribution >= 4 is 39.1 Å². The van der Waals surface area contributed by atoms with E-state index < -0.39 is 11.3 Å². The van der Waals surface area contributed by atoms with Crippen molar-refractivity contribution in [3.05, 3.63) is 33.8 Å². The Morgan fingerprint density at radius 3 is 2.31 bits per heavy atom. The quantitative estimate of drug-likeness (QED) is 0.693. The summed E-state index contributed by atoms with van der Waals surface area (Å²) in [7, 11) is 0. The highest BCUT2D eigenvalue weighted by Crippen LogP contribution is 2.35. The van der Waals surface area contributed by atoms with Gasteiger partial charge in [-0.15, -0.1) is 0 Å². The zero-order valence-electron chi connectivity index (χ0n) is 6.28. The molecule has 0 amide bonds. The van der Waals surface area contributed by atoms with Crippen LogP contribution in [0.15, 0.2) is 18.2 Å². The van der Waals surface area contributed by atoms with Gasteiger partial charge in [-0.05, 0) is 17.7 Å². The van der Waals surface area contributed by atoms with Gasteiger partial charge in [-0.3, -0.25) is 0 Å². The minimum Gasteiger partial charge on any atom is -0.209 e. The Morgan fingerprint density at radius 1 is 1.23 bits per heavy atom. The van der Waals surface area contributed by atoms with E-state index in [-0.39, 0.29) is 5.02 Å². The van der Waals surface area contributed by atoms with Gasteiger partial charge in [0.1, 0.15) is 4.83 Å². The van der Waals surface area contributed by atoms with Crippen LogP contribution in [0.25, 0.3) is 0 Å². The molecule has 0 aliphatic carbocycles. The van der Waals surface area contributed by atoms with Crippen LogP contribution in [0.4, 0.5) is 8.78 Å². The minimum absolute atomic E-state index is 0.245. The number of halogens is 5. The van der Waals surface area contributed by atoms with Crippen molar-refractivity contribution in [1.82, 2.24) is 0 Å². The molecule has 1 unspecified atom stereocenters. The van der Waals surface area contributed by atoms with Crippen LogP contribution in [0, 0.1) is 0 Å². The smallest absolute Gasteiger partial charge is 0.209 e. The molecule has 0 aliphatic heterocycles. The second-order valence-corrected chi connectivity index (χ2v) is 4.23. The van der Waals surface area contributed by atoms with Crippen molar-refractivity contribution in [2.45, 2.75) is 11.3 Å². The van der Waals surface area contributed by atoms with Gasteiger partial charge in [-0.2, -0.15) is 0 Å². The highest BCUT2D eigenvalue weighted by molar-refractivity contribution is 9.09. The fourth-order valence-electron chi connectivity index (χ4n) is 0.861. The molecule has 0 heterocycles. The fraction of sp³-hybridized carbons (Fsp3) is 0.250. The lowest BCUT2D eigenvalue weighted by molar-refractivity contribution is 0.147. The predicted octanol–water partition coefficient (Wildman–Crippen LogP) is 4.69. The summed E-state index contributed by atoms with van der Waals surface area (Å²) in [4.78, 5) is -1.04. The van der Waals surface area contributed by atoms with Crippen molar-refractivity contribution < 1.29 is 8.78 Å². The maximum atomic E-state index is 12.3. The number of hydrogen-bond donors (Lipinski definition) is 0. The molecule has 0 N–H and O–H groups in total. The van der Waals surface area contributed by atoms with Crippen molar-refractivity contribution in [3.63, 3.8) is 0 Å². The van der Waals surface area contributed by atoms with Crippen molar-refractivity contribution in [3.8, 4) is 0 Å². The zero-order chi connectivity index (χ0) is 10.0. The first-order valence-electron chi connectivity index (χ1n) is 3.39. The van der Waals surface area contributed by atoms with Crippen LogP contribution in [-0.4, -0.2) is 6.43 Å². The van der Waals surface area contributed by atoms with Gasteiger partial charge in [0, 0.05) is 10.0 Å². The molecule has 0 fully saturated rings. The van der Waals surface area contributed by atoms with Crippen LogP contribution in [0.2, 0.25) is 10.0 Å². The third-order valence-corrected chi connectivity index (χ3v) is 2.94. The second kappa shape index (κ2) is 4.58. The predicted molar refractivity (Wildman–Crippen MR) is 54.1 cm³/mol. The molecule has 72 valence electrons. The summed E-state index contributed by atoms with van der Waals surface area (Å²) in [6, 6.07) is 4.45. The first kappa shape index (κ1) is 11.2. The average molecular weight is 290 g/mol. The molecule has 1 atom stereocenters. The molecule has 13 heavy (non-hydrogen) atoms. The first-order chi connectivity index (χ1) is 6.02. The monoisotopic (exact) mass is 288 g/mol. The largest absolute Gasteiger partial charge is 0.255 e. The Kier molecular flexibility index (Phi) is 3.95. The standard InChI is InChI=1S/C8H5BrCl2F2/c9-7(8(12)13)5-2-1-4(10)3-6(5)11/h1-3,7-8H. The molecule has 0 radical (unpaired) electrons. The number of benzene rings is 1. The Bertz CT molecular complexity index is 304. The number of alkyl halides is 3. The van der Waals surface area contributed by atoms with Crippen LogP contribution in [0.5, 0.6) is 0 Å². The van der Waals surface area contributed by atoms with Crippen LogP contribution in [0.1, 0.15) is 10.4 Å². The molecule has 1 aromatic rings. The summed E-state index contributed by atoms with van der Waals surface area (Å²) < 4.78 is 24.5. The molecule has 1 rings (SSSR count). The summed E-state index contributed by atoms with van der Waals surface area (Å²) in [5.41, 5.74) is 0.348. The molecule has 0 saturated heterocycles. The van der Waals surface area contributed by atoms with Gasteiger partial charge < -0.3 is 0 Å². The van der Waals surface area contributed by atoms with E-state index in [1.165, 1.54) is 18.2 Å². The van der Waals surface area contributed by atoms with Crippen molar-refractivity contribution in [1.29, 1.82) is 0 Å². The van der Waals surface area contributed by atoms with Crippen molar-refractivity contribution in [2.75, 3.05) is 0 Å². The summed E-state index contributed by atoms with van der Waals surface area (Å²) >= 11 is 14.2. The first-order valence-corrected chi connectivity index (χ1v) is 5.06. The molecule has 0 aliphatic rings. The molecular formula is C8H5BrCl2F2. The van der Waals surface area contributed by atoms with Gasteiger partial charge in [-0.25, -0.2) is 8.78 Å². The Morgan fingerprint density at radius 2 is 1.85 bits per heavy atom. The third kappa shape index (κ3) is 2.79. The molecule has 1 aromatic carbocycles. The highest BCUT2D eigenvalue weighted by Gasteiger charge is 2.21. The Labute approximate surface area is 93.0 Å². The molecular weight excluding hydrogens is 285 g/mol. The van der Waals surface area contributed by atoms with Gasteiger partial charge in [-0.1, -0.05) is 45.2 Å². The number of hydrogen-bond acceptors (Lipinski definition) is 0. The summed E-state index contributed by atoms with van der Waals surface area (Å²) in [5.74, 6) is 0. The topological polar surface area (TPSA) is 0 Å². The molecule has 0 saturated carbocycles. The van der Waals surface area contributed by atoms with Gasteiger partial charge in [0.25, 0.3) is 6.43 Å². The maximum absolute atomic E-state index is 12.3. The summed E-state index contributed by atoms with van der Waals surface area (Å²) in [5, 5.41) is 0.678. The van der Waals surface area contributed by atoms with E-state index in [0.717, 1.165) is 0 Å². The molecule has 0 bridgehead atoms. The normalized spacial score (nSPS) is 13.4. The average Bonchev–Trinajstić information content (AvgIpc) is 2.03. The van der Waals surface area contributed by atoms with E-state index in [1.54, 1.807) is 0 Å². The highest BCUT2D eigenvalue weighted by atomic mass is 79.9. The van der Waals surface area contributed by atoms with E-state index in [4.69, 9.17) is 23.2 Å². The van der Waals surface area contributed by atoms with E-state index in [0.29, 0.717) is 10.6 Å². The van der Waals surface area contributed by atoms with Gasteiger partial charge in [0.15, 0.2) is 0 Å². The minimum atomic E-state index is -2.49. The van der Waals surface area contributed by atoms with E-state index >= 15 is 0 Å². The molecule has 0 nitrogen and oxygen atoms in total. The van der Waals surface area contributed by atoms with Crippen LogP contribution in [0.3, 0.4) is 0 Å². The van der Waals surface area contributed by atoms with Crippen LogP contribution >= 0.6 is 39.1 Å². The lowest BCUT2D eigenvalue weighted by Gasteiger charge is -2.10. The van der Waals surface area contributed by atoms with Crippen LogP contribution in [-0.2, 0) is 0 Å². The van der Waals surface area contributed by atoms with Crippen molar-refractivity contribution in [2.24, 2.45) is 0 Å². The van der Waals surface area contributed by atoms with E-state index in [1.807, 2.05) is 0 Å². The lowest BCUT2D eigenvalue weighted by Crippen LogP contribution is -2.01. The summed E-state index contributed by atoms with van der Waals surface area (Å²) in [6.45, 7) is 0. The molecule has 0 aromatic heterocycles. The zero-order valence-corrected chi connectivity index (χ0v) is 9.37. The van der Waals surface area contributed by atoms with Gasteiger partial charge in [0.05, 0.1) is 0 Å². The van der Waals surface area contributed by atoms with Gasteiger partial charge >= 0.3 is 0 Å². The van der Waals surface area contributed by atoms with Gasteiger partial charge in [0.2, 0.25) is 0 Å². The van der Waals surface area contributed by atoms with E-state index in [9.17, 15) is 8.78 Å². The Balaban J connectivity index is 3.01. The second-order valence-electron chi connectivity index (χ2n) is 2.40. The van der Waals surface area contributed by atoms with Crippen LogP contribution < -0.4 is 0 Å². The Hall–Kier alpha value is 0.140. The maximum Gasteiger partial charge on any atom is 0.255 e. The molecule has 0 spiro atoms. The SMILES string of the molecule is FC(F)C(Br)c1ccc(Cl)cc1Cl. The lowest BCUT2D eigenvalue weighted by atomic mass is 10.1. The number of rotatable bonds is 2. The summed E-state index contributed by atoms with van der Waals surface area (Å²) in [6.07, 6.45) is -2.49. The molecule has 5 heteroatoms. The van der Waals surface area contributed by atoms with E-state index in [2.05, 4.69) is 15.9 Å². The fourth-order valence-corrected chi connectivity index (χ4v) is 1.92. The third-order valence-electron chi connectivity index (χ3n) is 1.48.